The summed E-state index contributed by atoms with van der Waals surface area (Å²) in [7, 11) is 0. The number of carbonyl (C=O) groups is 1. The van der Waals surface area contributed by atoms with Crippen molar-refractivity contribution in [1.82, 2.24) is 9.78 Å². The Labute approximate surface area is 131 Å². The van der Waals surface area contributed by atoms with E-state index in [1.807, 2.05) is 0 Å². The molecule has 1 aromatic heterocycles. The van der Waals surface area contributed by atoms with Crippen molar-refractivity contribution in [3.05, 3.63) is 46.8 Å². The van der Waals surface area contributed by atoms with Gasteiger partial charge < -0.3 is 5.11 Å². The molecule has 1 fully saturated rings. The number of benzene rings is 1. The van der Waals surface area contributed by atoms with Crippen LogP contribution in [-0.4, -0.2) is 20.9 Å². The van der Waals surface area contributed by atoms with Crippen LogP contribution in [0.4, 0.5) is 8.78 Å². The number of aromatic nitrogens is 2. The van der Waals surface area contributed by atoms with E-state index in [0.29, 0.717) is 0 Å². The summed E-state index contributed by atoms with van der Waals surface area (Å²) in [5.41, 5.74) is 1.51. The van der Waals surface area contributed by atoms with Crippen molar-refractivity contribution in [3.63, 3.8) is 0 Å². The number of hydrogen-bond donors (Lipinski definition) is 1. The SMILES string of the molecule is CC1(C)[C@@H]2CC[C@@H]1c1c2c(C(=O)O)nn1-c1ccc(F)cc1F. The largest absolute Gasteiger partial charge is 0.476 e. The molecule has 2 aliphatic carbocycles. The summed E-state index contributed by atoms with van der Waals surface area (Å²) in [5, 5.41) is 13.6. The molecule has 2 atom stereocenters. The van der Waals surface area contributed by atoms with E-state index in [-0.39, 0.29) is 28.6 Å². The number of carboxylic acid groups (broad SMARTS) is 1. The van der Waals surface area contributed by atoms with Crippen LogP contribution in [0.25, 0.3) is 5.69 Å². The van der Waals surface area contributed by atoms with Crippen molar-refractivity contribution in [3.8, 4) is 5.69 Å². The zero-order chi connectivity index (χ0) is 16.5. The molecule has 2 aliphatic rings. The monoisotopic (exact) mass is 318 g/mol. The molecule has 0 spiro atoms. The molecule has 1 N–H and O–H groups in total. The van der Waals surface area contributed by atoms with Crippen LogP contribution in [0, 0.1) is 17.0 Å². The fourth-order valence-corrected chi connectivity index (χ4v) is 4.44. The molecular weight excluding hydrogens is 302 g/mol. The van der Waals surface area contributed by atoms with E-state index in [2.05, 4.69) is 18.9 Å². The Kier molecular flexibility index (Phi) is 2.75. The maximum absolute atomic E-state index is 14.2. The molecule has 6 heteroatoms. The van der Waals surface area contributed by atoms with E-state index >= 15 is 0 Å². The highest BCUT2D eigenvalue weighted by molar-refractivity contribution is 5.88. The minimum absolute atomic E-state index is 0.0102. The lowest BCUT2D eigenvalue weighted by molar-refractivity contribution is 0.0687. The van der Waals surface area contributed by atoms with Gasteiger partial charge in [0.25, 0.3) is 0 Å². The second-order valence-corrected chi connectivity index (χ2v) is 6.96. The van der Waals surface area contributed by atoms with Crippen molar-refractivity contribution in [2.45, 2.75) is 38.5 Å². The van der Waals surface area contributed by atoms with Crippen molar-refractivity contribution < 1.29 is 18.7 Å². The van der Waals surface area contributed by atoms with Gasteiger partial charge in [0.15, 0.2) is 11.5 Å². The molecule has 1 saturated carbocycles. The first kappa shape index (κ1) is 14.4. The van der Waals surface area contributed by atoms with Crippen LogP contribution in [-0.2, 0) is 0 Å². The third-order valence-electron chi connectivity index (χ3n) is 5.52. The second kappa shape index (κ2) is 4.40. The van der Waals surface area contributed by atoms with E-state index in [1.165, 1.54) is 10.7 Å². The van der Waals surface area contributed by atoms with Crippen LogP contribution in [0.5, 0.6) is 0 Å². The van der Waals surface area contributed by atoms with Gasteiger partial charge in [-0.2, -0.15) is 5.10 Å². The van der Waals surface area contributed by atoms with Gasteiger partial charge in [0.2, 0.25) is 0 Å². The van der Waals surface area contributed by atoms with Crippen LogP contribution in [0.1, 0.15) is 60.3 Å². The van der Waals surface area contributed by atoms with Crippen LogP contribution in [0.15, 0.2) is 18.2 Å². The molecular formula is C17H16F2N2O2. The minimum atomic E-state index is -1.11. The third-order valence-corrected chi connectivity index (χ3v) is 5.52. The molecule has 4 nitrogen and oxygen atoms in total. The highest BCUT2D eigenvalue weighted by atomic mass is 19.1. The fraction of sp³-hybridized carbons (Fsp3) is 0.412. The summed E-state index contributed by atoms with van der Waals surface area (Å²) >= 11 is 0. The predicted octanol–water partition coefficient (Wildman–Crippen LogP) is 3.85. The van der Waals surface area contributed by atoms with E-state index < -0.39 is 17.6 Å². The number of fused-ring (bicyclic) bond motifs is 5. The second-order valence-electron chi connectivity index (χ2n) is 6.96. The summed E-state index contributed by atoms with van der Waals surface area (Å²) in [6.07, 6.45) is 1.85. The lowest BCUT2D eigenvalue weighted by Gasteiger charge is -2.25. The Morgan fingerprint density at radius 2 is 2.00 bits per heavy atom. The summed E-state index contributed by atoms with van der Waals surface area (Å²) in [5.74, 6) is -2.27. The first-order valence-electron chi connectivity index (χ1n) is 7.64. The third kappa shape index (κ3) is 1.75. The molecule has 4 rings (SSSR count). The average molecular weight is 318 g/mol. The molecule has 23 heavy (non-hydrogen) atoms. The van der Waals surface area contributed by atoms with E-state index in [0.717, 1.165) is 36.2 Å². The van der Waals surface area contributed by atoms with Crippen molar-refractivity contribution in [2.24, 2.45) is 5.41 Å². The van der Waals surface area contributed by atoms with Gasteiger partial charge in [-0.15, -0.1) is 0 Å². The Balaban J connectivity index is 2.00. The van der Waals surface area contributed by atoms with E-state index in [9.17, 15) is 18.7 Å². The molecule has 0 aliphatic heterocycles. The summed E-state index contributed by atoms with van der Waals surface area (Å²) in [4.78, 5) is 11.6. The molecule has 0 unspecified atom stereocenters. The Morgan fingerprint density at radius 1 is 1.30 bits per heavy atom. The van der Waals surface area contributed by atoms with Gasteiger partial charge in [0.05, 0.1) is 5.69 Å². The maximum Gasteiger partial charge on any atom is 0.356 e. The van der Waals surface area contributed by atoms with Crippen molar-refractivity contribution in [1.29, 1.82) is 0 Å². The fourth-order valence-electron chi connectivity index (χ4n) is 4.44. The highest BCUT2D eigenvalue weighted by Crippen LogP contribution is 2.65. The van der Waals surface area contributed by atoms with Gasteiger partial charge >= 0.3 is 5.97 Å². The Morgan fingerprint density at radius 3 is 2.65 bits per heavy atom. The number of hydrogen-bond acceptors (Lipinski definition) is 2. The molecule has 0 saturated heterocycles. The van der Waals surface area contributed by atoms with Crippen molar-refractivity contribution >= 4 is 5.97 Å². The average Bonchev–Trinajstić information content (AvgIpc) is 3.05. The summed E-state index contributed by atoms with van der Waals surface area (Å²) in [6.45, 7) is 4.23. The minimum Gasteiger partial charge on any atom is -0.476 e. The number of aromatic carboxylic acids is 1. The van der Waals surface area contributed by atoms with Gasteiger partial charge in [-0.05, 0) is 36.3 Å². The number of nitrogens with zero attached hydrogens (tertiary/aromatic N) is 2. The first-order chi connectivity index (χ1) is 10.8. The maximum atomic E-state index is 14.2. The first-order valence-corrected chi connectivity index (χ1v) is 7.64. The predicted molar refractivity (Wildman–Crippen MR) is 78.9 cm³/mol. The molecule has 0 radical (unpaired) electrons. The van der Waals surface area contributed by atoms with E-state index in [1.54, 1.807) is 0 Å². The van der Waals surface area contributed by atoms with Gasteiger partial charge in [-0.25, -0.2) is 18.3 Å². The number of carboxylic acids is 1. The zero-order valence-electron chi connectivity index (χ0n) is 12.8. The molecule has 2 aromatic rings. The standard InChI is InChI=1S/C17H16F2N2O2/c1-17(2)9-4-5-10(17)15-13(9)14(16(22)23)20-21(15)12-6-3-8(18)7-11(12)19/h3,6-7,9-10H,4-5H2,1-2H3,(H,22,23)/t9-,10-/m1/s1. The van der Waals surface area contributed by atoms with Gasteiger partial charge in [-0.3, -0.25) is 0 Å². The molecule has 1 heterocycles. The zero-order valence-corrected chi connectivity index (χ0v) is 12.8. The Hall–Kier alpha value is -2.24. The van der Waals surface area contributed by atoms with Crippen molar-refractivity contribution in [2.75, 3.05) is 0 Å². The lowest BCUT2D eigenvalue weighted by atomic mass is 9.80. The van der Waals surface area contributed by atoms with Crippen LogP contribution >= 0.6 is 0 Å². The molecule has 2 bridgehead atoms. The van der Waals surface area contributed by atoms with Crippen LogP contribution in [0.2, 0.25) is 0 Å². The topological polar surface area (TPSA) is 55.1 Å². The summed E-state index contributed by atoms with van der Waals surface area (Å²) in [6, 6.07) is 3.26. The van der Waals surface area contributed by atoms with Gasteiger partial charge in [0.1, 0.15) is 11.5 Å². The van der Waals surface area contributed by atoms with E-state index in [4.69, 9.17) is 0 Å². The quantitative estimate of drug-likeness (QED) is 0.915. The lowest BCUT2D eigenvalue weighted by Crippen LogP contribution is -2.18. The van der Waals surface area contributed by atoms with Crippen LogP contribution < -0.4 is 0 Å². The molecule has 1 aromatic carbocycles. The number of rotatable bonds is 2. The molecule has 120 valence electrons. The smallest absolute Gasteiger partial charge is 0.356 e. The highest BCUT2D eigenvalue weighted by Gasteiger charge is 2.56. The number of halogens is 2. The van der Waals surface area contributed by atoms with Crippen LogP contribution in [0.3, 0.4) is 0 Å². The summed E-state index contributed by atoms with van der Waals surface area (Å²) < 4.78 is 28.8. The molecule has 0 amide bonds. The normalized spacial score (nSPS) is 24.0. The van der Waals surface area contributed by atoms with Gasteiger partial charge in [0, 0.05) is 17.5 Å². The van der Waals surface area contributed by atoms with Gasteiger partial charge in [-0.1, -0.05) is 13.8 Å². The Bertz CT molecular complexity index is 841.